The normalized spacial score (nSPS) is 17.3. The number of carbonyl (C=O) groups excluding carboxylic acids is 2. The molecular weight excluding hydrogens is 360 g/mol. The number of rotatable bonds is 3. The third-order valence-corrected chi connectivity index (χ3v) is 5.59. The van der Waals surface area contributed by atoms with Gasteiger partial charge in [0, 0.05) is 43.4 Å². The summed E-state index contributed by atoms with van der Waals surface area (Å²) in [4.78, 5) is 34.5. The van der Waals surface area contributed by atoms with Crippen molar-refractivity contribution < 1.29 is 9.59 Å². The second-order valence-corrected chi connectivity index (χ2v) is 7.48. The summed E-state index contributed by atoms with van der Waals surface area (Å²) in [6.07, 6.45) is 11.9. The first-order valence-corrected chi connectivity index (χ1v) is 9.92. The first-order valence-electron chi connectivity index (χ1n) is 9.04. The highest BCUT2D eigenvalue weighted by Gasteiger charge is 2.17. The summed E-state index contributed by atoms with van der Waals surface area (Å²) in [6.45, 7) is 1.41. The molecule has 2 aromatic heterocycles. The van der Waals surface area contributed by atoms with Crippen LogP contribution in [0.2, 0.25) is 0 Å². The maximum Gasteiger partial charge on any atom is 0.246 e. The molecule has 0 unspecified atom stereocenters. The minimum atomic E-state index is 0.000334. The van der Waals surface area contributed by atoms with Crippen LogP contribution in [-0.4, -0.2) is 39.8 Å². The Bertz CT molecular complexity index is 918. The van der Waals surface area contributed by atoms with Crippen molar-refractivity contribution in [2.75, 3.05) is 18.4 Å². The molecule has 1 N–H and O–H groups in total. The Balaban J connectivity index is 1.38. The van der Waals surface area contributed by atoms with Crippen LogP contribution in [-0.2, 0) is 16.0 Å². The minimum absolute atomic E-state index is 0.000334. The van der Waals surface area contributed by atoms with Gasteiger partial charge in [0.05, 0.1) is 0 Å². The van der Waals surface area contributed by atoms with Gasteiger partial charge in [0.2, 0.25) is 11.8 Å². The number of amides is 2. The van der Waals surface area contributed by atoms with Gasteiger partial charge < -0.3 is 10.2 Å². The monoisotopic (exact) mass is 380 g/mol. The smallest absolute Gasteiger partial charge is 0.246 e. The van der Waals surface area contributed by atoms with Crippen LogP contribution in [0.1, 0.15) is 35.4 Å². The Kier molecular flexibility index (Phi) is 5.11. The van der Waals surface area contributed by atoms with Crippen LogP contribution >= 0.6 is 11.3 Å². The van der Waals surface area contributed by atoms with Crippen molar-refractivity contribution in [3.63, 3.8) is 0 Å². The van der Waals surface area contributed by atoms with Gasteiger partial charge in [-0.15, -0.1) is 11.3 Å². The van der Waals surface area contributed by atoms with Crippen LogP contribution in [0.3, 0.4) is 0 Å². The van der Waals surface area contributed by atoms with Crippen LogP contribution in [0.5, 0.6) is 0 Å². The Morgan fingerprint density at radius 1 is 1.22 bits per heavy atom. The van der Waals surface area contributed by atoms with Gasteiger partial charge in [-0.2, -0.15) is 0 Å². The summed E-state index contributed by atoms with van der Waals surface area (Å²) in [5, 5.41) is 5.79. The molecule has 138 valence electrons. The largest absolute Gasteiger partial charge is 0.339 e. The molecule has 0 aromatic carbocycles. The standard InChI is InChI=1S/C20H20N4O2S/c25-17-5-4-16-12-14(13-22-19(16)23-17)3-6-18(26)24-9-1-2-15(7-10-24)20-21-8-11-27-20/h2-3,6,8,11-13H,1,4-5,7,9-10H2,(H,22,23,25)/b6-3+. The fraction of sp³-hybridized carbons (Fsp3) is 0.300. The third kappa shape index (κ3) is 4.14. The maximum atomic E-state index is 12.6. The number of nitrogens with one attached hydrogen (secondary N) is 1. The second kappa shape index (κ2) is 7.84. The quantitative estimate of drug-likeness (QED) is 0.830. The molecular formula is C20H20N4O2S. The lowest BCUT2D eigenvalue weighted by Gasteiger charge is -2.18. The zero-order valence-corrected chi connectivity index (χ0v) is 15.7. The lowest BCUT2D eigenvalue weighted by molar-refractivity contribution is -0.125. The summed E-state index contributed by atoms with van der Waals surface area (Å²) in [7, 11) is 0. The van der Waals surface area contributed by atoms with Gasteiger partial charge in [-0.25, -0.2) is 9.97 Å². The van der Waals surface area contributed by atoms with Gasteiger partial charge >= 0.3 is 0 Å². The van der Waals surface area contributed by atoms with Crippen LogP contribution in [0.25, 0.3) is 11.6 Å². The number of nitrogens with zero attached hydrogens (tertiary/aromatic N) is 3. The molecule has 0 atom stereocenters. The zero-order chi connectivity index (χ0) is 18.6. The average Bonchev–Trinajstić information content (AvgIpc) is 3.10. The third-order valence-electron chi connectivity index (χ3n) is 4.74. The van der Waals surface area contributed by atoms with E-state index in [4.69, 9.17) is 0 Å². The van der Waals surface area contributed by atoms with Crippen LogP contribution in [0.15, 0.2) is 36.0 Å². The lowest BCUT2D eigenvalue weighted by Crippen LogP contribution is -2.30. The molecule has 0 saturated heterocycles. The summed E-state index contributed by atoms with van der Waals surface area (Å²) in [6, 6.07) is 1.98. The SMILES string of the molecule is O=C1CCc2cc(/C=C/C(=O)N3CCC=C(c4nccs4)CC3)cnc2N1. The maximum absolute atomic E-state index is 12.6. The summed E-state index contributed by atoms with van der Waals surface area (Å²) < 4.78 is 0. The molecule has 4 heterocycles. The van der Waals surface area contributed by atoms with E-state index in [1.165, 1.54) is 5.57 Å². The highest BCUT2D eigenvalue weighted by molar-refractivity contribution is 7.10. The van der Waals surface area contributed by atoms with E-state index in [2.05, 4.69) is 21.4 Å². The van der Waals surface area contributed by atoms with Crippen molar-refractivity contribution in [1.82, 2.24) is 14.9 Å². The molecule has 0 spiro atoms. The molecule has 2 amide bonds. The fourth-order valence-electron chi connectivity index (χ4n) is 3.30. The molecule has 27 heavy (non-hydrogen) atoms. The highest BCUT2D eigenvalue weighted by Crippen LogP contribution is 2.24. The van der Waals surface area contributed by atoms with E-state index in [1.54, 1.807) is 29.7 Å². The van der Waals surface area contributed by atoms with Crippen LogP contribution < -0.4 is 5.32 Å². The number of hydrogen-bond acceptors (Lipinski definition) is 5. The van der Waals surface area contributed by atoms with Crippen LogP contribution in [0, 0.1) is 0 Å². The fourth-order valence-corrected chi connectivity index (χ4v) is 4.01. The van der Waals surface area contributed by atoms with E-state index in [0.717, 1.165) is 29.0 Å². The van der Waals surface area contributed by atoms with Gasteiger partial charge in [0.25, 0.3) is 0 Å². The van der Waals surface area contributed by atoms with E-state index in [-0.39, 0.29) is 11.8 Å². The minimum Gasteiger partial charge on any atom is -0.339 e. The van der Waals surface area contributed by atoms with Crippen molar-refractivity contribution in [2.24, 2.45) is 0 Å². The number of pyridine rings is 1. The molecule has 4 rings (SSSR count). The molecule has 0 fully saturated rings. The number of thiazole rings is 1. The van der Waals surface area contributed by atoms with Gasteiger partial charge in [-0.3, -0.25) is 9.59 Å². The predicted molar refractivity (Wildman–Crippen MR) is 106 cm³/mol. The Labute approximate surface area is 161 Å². The van der Waals surface area contributed by atoms with E-state index in [0.29, 0.717) is 31.7 Å². The molecule has 2 aliphatic heterocycles. The summed E-state index contributed by atoms with van der Waals surface area (Å²) in [5.41, 5.74) is 3.11. The molecule has 0 aliphatic carbocycles. The van der Waals surface area contributed by atoms with Crippen molar-refractivity contribution in [1.29, 1.82) is 0 Å². The number of fused-ring (bicyclic) bond motifs is 1. The Hall–Kier alpha value is -2.80. The van der Waals surface area contributed by atoms with E-state index >= 15 is 0 Å². The molecule has 6 nitrogen and oxygen atoms in total. The summed E-state index contributed by atoms with van der Waals surface area (Å²) in [5.74, 6) is 0.637. The van der Waals surface area contributed by atoms with Crippen molar-refractivity contribution >= 4 is 40.6 Å². The Morgan fingerprint density at radius 3 is 3.00 bits per heavy atom. The lowest BCUT2D eigenvalue weighted by atomic mass is 10.0. The van der Waals surface area contributed by atoms with Gasteiger partial charge in [-0.05, 0) is 48.1 Å². The predicted octanol–water partition coefficient (Wildman–Crippen LogP) is 3.14. The molecule has 0 saturated carbocycles. The molecule has 2 aromatic rings. The van der Waals surface area contributed by atoms with Crippen molar-refractivity contribution in [3.05, 3.63) is 52.1 Å². The number of anilines is 1. The van der Waals surface area contributed by atoms with Gasteiger partial charge in [0.15, 0.2) is 0 Å². The van der Waals surface area contributed by atoms with Gasteiger partial charge in [-0.1, -0.05) is 6.08 Å². The number of hydrogen-bond donors (Lipinski definition) is 1. The number of carbonyl (C=O) groups is 2. The zero-order valence-electron chi connectivity index (χ0n) is 14.9. The first-order chi connectivity index (χ1) is 13.2. The van der Waals surface area contributed by atoms with Gasteiger partial charge in [0.1, 0.15) is 10.8 Å². The Morgan fingerprint density at radius 2 is 2.15 bits per heavy atom. The second-order valence-electron chi connectivity index (χ2n) is 6.59. The molecule has 2 aliphatic rings. The molecule has 7 heteroatoms. The highest BCUT2D eigenvalue weighted by atomic mass is 32.1. The average molecular weight is 380 g/mol. The first kappa shape index (κ1) is 17.6. The van der Waals surface area contributed by atoms with Crippen LogP contribution in [0.4, 0.5) is 5.82 Å². The molecule has 0 bridgehead atoms. The van der Waals surface area contributed by atoms with E-state index < -0.39 is 0 Å². The van der Waals surface area contributed by atoms with E-state index in [1.807, 2.05) is 22.5 Å². The number of aromatic nitrogens is 2. The van der Waals surface area contributed by atoms with Crippen molar-refractivity contribution in [2.45, 2.75) is 25.7 Å². The summed E-state index contributed by atoms with van der Waals surface area (Å²) >= 11 is 1.64. The van der Waals surface area contributed by atoms with E-state index in [9.17, 15) is 9.59 Å². The number of aryl methyl sites for hydroxylation is 1. The topological polar surface area (TPSA) is 75.2 Å². The molecule has 0 radical (unpaired) electrons. The van der Waals surface area contributed by atoms with Crippen molar-refractivity contribution in [3.8, 4) is 0 Å².